The van der Waals surface area contributed by atoms with E-state index in [0.29, 0.717) is 0 Å². The van der Waals surface area contributed by atoms with Crippen LogP contribution in [0.2, 0.25) is 0 Å². The highest BCUT2D eigenvalue weighted by Gasteiger charge is 2.18. The Kier molecular flexibility index (Phi) is 7.53. The van der Waals surface area contributed by atoms with Crippen LogP contribution in [0.5, 0.6) is 0 Å². The topological polar surface area (TPSA) is 16.4 Å². The molecule has 11 aromatic rings. The fraction of sp³-hybridized carbons (Fsp3) is 0. The Bertz CT molecular complexity index is 3240. The zero-order valence-corrected chi connectivity index (χ0v) is 30.6. The highest BCUT2D eigenvalue weighted by atomic mass is 16.3. The van der Waals surface area contributed by atoms with Gasteiger partial charge in [-0.05, 0) is 97.2 Å². The van der Waals surface area contributed by atoms with Gasteiger partial charge in [0.2, 0.25) is 0 Å². The lowest BCUT2D eigenvalue weighted by Crippen LogP contribution is -2.10. The van der Waals surface area contributed by atoms with Crippen LogP contribution in [0.15, 0.2) is 217 Å². The monoisotopic (exact) mass is 713 g/mol. The maximum atomic E-state index is 6.41. The Hall–Kier alpha value is -7.42. The molecule has 262 valence electrons. The summed E-state index contributed by atoms with van der Waals surface area (Å²) in [6.45, 7) is 0. The lowest BCUT2D eigenvalue weighted by molar-refractivity contribution is 0.670. The van der Waals surface area contributed by atoms with E-state index in [2.05, 4.69) is 205 Å². The maximum Gasteiger partial charge on any atom is 0.143 e. The van der Waals surface area contributed by atoms with Crippen LogP contribution < -0.4 is 4.90 Å². The maximum absolute atomic E-state index is 6.41. The normalized spacial score (nSPS) is 11.6. The number of fused-ring (bicyclic) bond motifs is 7. The van der Waals surface area contributed by atoms with E-state index in [4.69, 9.17) is 4.42 Å². The van der Waals surface area contributed by atoms with E-state index in [1.165, 1.54) is 54.6 Å². The number of anilines is 3. The van der Waals surface area contributed by atoms with Crippen molar-refractivity contribution in [3.05, 3.63) is 212 Å². The third-order valence-corrected chi connectivity index (χ3v) is 11.3. The van der Waals surface area contributed by atoms with Crippen LogP contribution in [0, 0.1) is 0 Å². The fourth-order valence-corrected chi connectivity index (χ4v) is 8.56. The van der Waals surface area contributed by atoms with Gasteiger partial charge >= 0.3 is 0 Å². The number of benzene rings is 10. The van der Waals surface area contributed by atoms with Crippen molar-refractivity contribution in [1.82, 2.24) is 0 Å². The average molecular weight is 714 g/mol. The van der Waals surface area contributed by atoms with Crippen molar-refractivity contribution in [3.63, 3.8) is 0 Å². The van der Waals surface area contributed by atoms with Gasteiger partial charge in [-0.15, -0.1) is 0 Å². The smallest absolute Gasteiger partial charge is 0.143 e. The summed E-state index contributed by atoms with van der Waals surface area (Å²) in [5, 5.41) is 9.78. The second-order valence-corrected chi connectivity index (χ2v) is 14.5. The lowest BCUT2D eigenvalue weighted by atomic mass is 9.93. The molecule has 0 amide bonds. The molecule has 0 aliphatic rings. The van der Waals surface area contributed by atoms with E-state index >= 15 is 0 Å². The van der Waals surface area contributed by atoms with Crippen LogP contribution in [0.1, 0.15) is 0 Å². The zero-order chi connectivity index (χ0) is 37.0. The molecule has 0 unspecified atom stereocenters. The summed E-state index contributed by atoms with van der Waals surface area (Å²) in [4.78, 5) is 2.37. The highest BCUT2D eigenvalue weighted by Crippen LogP contribution is 2.42. The molecule has 0 fully saturated rings. The first-order valence-electron chi connectivity index (χ1n) is 19.2. The second-order valence-electron chi connectivity index (χ2n) is 14.5. The quantitative estimate of drug-likeness (QED) is 0.160. The lowest BCUT2D eigenvalue weighted by Gasteiger charge is -2.27. The second kappa shape index (κ2) is 13.2. The first-order valence-corrected chi connectivity index (χ1v) is 19.2. The molecule has 0 saturated heterocycles. The Morgan fingerprint density at radius 3 is 1.68 bits per heavy atom. The van der Waals surface area contributed by atoms with Gasteiger partial charge in [0.1, 0.15) is 11.2 Å². The number of hydrogen-bond donors (Lipinski definition) is 0. The van der Waals surface area contributed by atoms with Crippen LogP contribution in [0.25, 0.3) is 87.6 Å². The van der Waals surface area contributed by atoms with Crippen molar-refractivity contribution >= 4 is 71.3 Å². The molecule has 0 spiro atoms. The van der Waals surface area contributed by atoms with Gasteiger partial charge < -0.3 is 9.32 Å². The molecule has 2 nitrogen and oxygen atoms in total. The summed E-state index contributed by atoms with van der Waals surface area (Å²) in [6, 6.07) is 76.5. The first kappa shape index (κ1) is 32.0. The fourth-order valence-electron chi connectivity index (χ4n) is 8.56. The van der Waals surface area contributed by atoms with E-state index in [1.807, 2.05) is 12.1 Å². The molecule has 56 heavy (non-hydrogen) atoms. The van der Waals surface area contributed by atoms with Gasteiger partial charge in [0, 0.05) is 33.1 Å². The summed E-state index contributed by atoms with van der Waals surface area (Å²) in [5.41, 5.74) is 12.2. The summed E-state index contributed by atoms with van der Waals surface area (Å²) < 4.78 is 6.41. The summed E-state index contributed by atoms with van der Waals surface area (Å²) in [6.07, 6.45) is 0. The molecule has 0 atom stereocenters. The van der Waals surface area contributed by atoms with Gasteiger partial charge in [-0.25, -0.2) is 0 Å². The molecule has 0 N–H and O–H groups in total. The number of rotatable bonds is 6. The minimum absolute atomic E-state index is 0.908. The Labute approximate surface area is 325 Å². The van der Waals surface area contributed by atoms with Crippen LogP contribution in [0.3, 0.4) is 0 Å². The molecule has 0 aliphatic carbocycles. The number of nitrogens with zero attached hydrogens (tertiary/aromatic N) is 1. The third kappa shape index (κ3) is 5.34. The van der Waals surface area contributed by atoms with Gasteiger partial charge in [-0.3, -0.25) is 0 Å². The number of furan rings is 1. The summed E-state index contributed by atoms with van der Waals surface area (Å²) >= 11 is 0. The largest absolute Gasteiger partial charge is 0.455 e. The predicted molar refractivity (Wildman–Crippen MR) is 237 cm³/mol. The third-order valence-electron chi connectivity index (χ3n) is 11.3. The van der Waals surface area contributed by atoms with Gasteiger partial charge in [-0.1, -0.05) is 170 Å². The van der Waals surface area contributed by atoms with Crippen molar-refractivity contribution in [2.24, 2.45) is 0 Å². The standard InChI is InChI=1S/C54H35NO/c1-3-16-44-38(12-1)29-34-49-45(19-9-21-48(44)49)41-15-7-14-40(35-41)36-25-30-42(31-26-36)55(52-23-8-13-37-11-2-4-17-46(37)52)43-32-27-39(28-33-43)47-20-10-22-51-50-18-5-6-24-53(50)56-54(47)51/h1-35H. The van der Waals surface area contributed by atoms with Crippen molar-refractivity contribution in [3.8, 4) is 33.4 Å². The first-order chi connectivity index (χ1) is 27.8. The van der Waals surface area contributed by atoms with Crippen LogP contribution in [0.4, 0.5) is 17.1 Å². The van der Waals surface area contributed by atoms with Crippen LogP contribution in [-0.2, 0) is 0 Å². The molecule has 0 radical (unpaired) electrons. The van der Waals surface area contributed by atoms with E-state index < -0.39 is 0 Å². The molecule has 10 aromatic carbocycles. The van der Waals surface area contributed by atoms with E-state index in [0.717, 1.165) is 50.1 Å². The van der Waals surface area contributed by atoms with Gasteiger partial charge in [-0.2, -0.15) is 0 Å². The Balaban J connectivity index is 0.983. The van der Waals surface area contributed by atoms with E-state index in [9.17, 15) is 0 Å². The SMILES string of the molecule is c1cc(-c2ccc(N(c3ccc(-c4cccc5c4oc4ccccc45)cc3)c3cccc4ccccc34)cc2)cc(-c2cccc3c2ccc2ccccc23)c1. The van der Waals surface area contributed by atoms with Gasteiger partial charge in [0.05, 0.1) is 5.69 Å². The van der Waals surface area contributed by atoms with Crippen LogP contribution >= 0.6 is 0 Å². The number of para-hydroxylation sites is 2. The zero-order valence-electron chi connectivity index (χ0n) is 30.6. The molecule has 0 aliphatic heterocycles. The molecule has 1 aromatic heterocycles. The van der Waals surface area contributed by atoms with Gasteiger partial charge in [0.15, 0.2) is 0 Å². The van der Waals surface area contributed by atoms with Gasteiger partial charge in [0.25, 0.3) is 0 Å². The summed E-state index contributed by atoms with van der Waals surface area (Å²) in [5.74, 6) is 0. The Morgan fingerprint density at radius 2 is 0.875 bits per heavy atom. The minimum atomic E-state index is 0.908. The van der Waals surface area contributed by atoms with Crippen molar-refractivity contribution < 1.29 is 4.42 Å². The van der Waals surface area contributed by atoms with Crippen LogP contribution in [-0.4, -0.2) is 0 Å². The minimum Gasteiger partial charge on any atom is -0.455 e. The predicted octanol–water partition coefficient (Wildman–Crippen LogP) is 15.5. The molecular formula is C54H35NO. The average Bonchev–Trinajstić information content (AvgIpc) is 3.66. The van der Waals surface area contributed by atoms with Crippen molar-refractivity contribution in [2.75, 3.05) is 4.90 Å². The van der Waals surface area contributed by atoms with E-state index in [1.54, 1.807) is 0 Å². The molecule has 1 heterocycles. The molecule has 2 heteroatoms. The molecule has 0 bridgehead atoms. The molecule has 11 rings (SSSR count). The van der Waals surface area contributed by atoms with Crippen molar-refractivity contribution in [1.29, 1.82) is 0 Å². The molecular weight excluding hydrogens is 679 g/mol. The molecule has 0 saturated carbocycles. The highest BCUT2D eigenvalue weighted by molar-refractivity contribution is 6.12. The summed E-state index contributed by atoms with van der Waals surface area (Å²) in [7, 11) is 0. The van der Waals surface area contributed by atoms with E-state index in [-0.39, 0.29) is 0 Å². The number of hydrogen-bond acceptors (Lipinski definition) is 2. The Morgan fingerprint density at radius 1 is 0.304 bits per heavy atom. The van der Waals surface area contributed by atoms with Crippen molar-refractivity contribution in [2.45, 2.75) is 0 Å².